The Bertz CT molecular complexity index is 421. The van der Waals surface area contributed by atoms with E-state index < -0.39 is 0 Å². The Morgan fingerprint density at radius 2 is 1.94 bits per heavy atom. The van der Waals surface area contributed by atoms with E-state index >= 15 is 0 Å². The fraction of sp³-hybridized carbons (Fsp3) is 0.533. The monoisotopic (exact) mass is 309 g/mol. The van der Waals surface area contributed by atoms with Gasteiger partial charge in [-0.3, -0.25) is 4.79 Å². The van der Waals surface area contributed by atoms with Crippen molar-refractivity contribution >= 4 is 21.8 Å². The van der Waals surface area contributed by atoms with Crippen molar-refractivity contribution in [3.8, 4) is 0 Å². The van der Waals surface area contributed by atoms with Crippen molar-refractivity contribution in [2.45, 2.75) is 32.0 Å². The van der Waals surface area contributed by atoms with Gasteiger partial charge in [0, 0.05) is 17.4 Å². The van der Waals surface area contributed by atoms with E-state index in [1.54, 1.807) is 0 Å². The molecular formula is C15H20BrNO. The number of amides is 1. The van der Waals surface area contributed by atoms with Crippen LogP contribution in [0, 0.1) is 11.3 Å². The van der Waals surface area contributed by atoms with Crippen molar-refractivity contribution < 1.29 is 4.79 Å². The zero-order valence-corrected chi connectivity index (χ0v) is 12.6. The zero-order valence-electron chi connectivity index (χ0n) is 11.0. The largest absolute Gasteiger partial charge is 0.351 e. The molecule has 0 spiro atoms. The highest BCUT2D eigenvalue weighted by Gasteiger charge is 2.45. The van der Waals surface area contributed by atoms with Gasteiger partial charge in [-0.2, -0.15) is 0 Å². The Morgan fingerprint density at radius 1 is 1.33 bits per heavy atom. The number of hydrogen-bond acceptors (Lipinski definition) is 1. The number of halogens is 1. The molecule has 0 heterocycles. The highest BCUT2D eigenvalue weighted by Crippen LogP contribution is 2.51. The lowest BCUT2D eigenvalue weighted by atomic mass is 9.92. The van der Waals surface area contributed by atoms with Gasteiger partial charge in [-0.05, 0) is 41.9 Å². The second kappa shape index (κ2) is 5.43. The number of nitrogens with one attached hydrogen (secondary N) is 1. The minimum atomic E-state index is 0.0445. The molecule has 3 heteroatoms. The average Bonchev–Trinajstić information content (AvgIpc) is 3.17. The summed E-state index contributed by atoms with van der Waals surface area (Å²) >= 11 is 3.40. The van der Waals surface area contributed by atoms with Gasteiger partial charge in [0.05, 0.1) is 0 Å². The smallest absolute Gasteiger partial charge is 0.251 e. The summed E-state index contributed by atoms with van der Waals surface area (Å²) in [5.74, 6) is 0.691. The fourth-order valence-electron chi connectivity index (χ4n) is 2.22. The first-order chi connectivity index (χ1) is 8.57. The summed E-state index contributed by atoms with van der Waals surface area (Å²) in [5, 5.41) is 3.89. The third kappa shape index (κ3) is 2.94. The number of benzene rings is 1. The van der Waals surface area contributed by atoms with Crippen molar-refractivity contribution in [1.29, 1.82) is 0 Å². The van der Waals surface area contributed by atoms with Gasteiger partial charge in [0.1, 0.15) is 0 Å². The Hall–Kier alpha value is -0.830. The molecular weight excluding hydrogens is 290 g/mol. The average molecular weight is 310 g/mol. The van der Waals surface area contributed by atoms with E-state index in [0.717, 1.165) is 17.4 Å². The Balaban J connectivity index is 1.91. The summed E-state index contributed by atoms with van der Waals surface area (Å²) in [6.45, 7) is 5.29. The lowest BCUT2D eigenvalue weighted by molar-refractivity contribution is 0.0940. The third-order valence-electron chi connectivity index (χ3n) is 4.09. The lowest BCUT2D eigenvalue weighted by Gasteiger charge is -2.20. The number of rotatable bonds is 5. The molecule has 0 aliphatic heterocycles. The van der Waals surface area contributed by atoms with Gasteiger partial charge in [0.15, 0.2) is 0 Å². The van der Waals surface area contributed by atoms with Gasteiger partial charge >= 0.3 is 0 Å². The van der Waals surface area contributed by atoms with Crippen LogP contribution in [0.5, 0.6) is 0 Å². The second-order valence-corrected chi connectivity index (χ2v) is 6.09. The maximum absolute atomic E-state index is 12.0. The molecule has 1 aliphatic carbocycles. The molecule has 1 aromatic carbocycles. The maximum Gasteiger partial charge on any atom is 0.251 e. The van der Waals surface area contributed by atoms with E-state index in [1.165, 1.54) is 18.4 Å². The van der Waals surface area contributed by atoms with Crippen LogP contribution < -0.4 is 5.32 Å². The maximum atomic E-state index is 12.0. The Morgan fingerprint density at radius 3 is 2.39 bits per heavy atom. The summed E-state index contributed by atoms with van der Waals surface area (Å²) in [5.41, 5.74) is 2.30. The quantitative estimate of drug-likeness (QED) is 0.825. The van der Waals surface area contributed by atoms with Gasteiger partial charge in [0.2, 0.25) is 0 Å². The summed E-state index contributed by atoms with van der Waals surface area (Å²) in [7, 11) is 0. The van der Waals surface area contributed by atoms with Gasteiger partial charge in [0.25, 0.3) is 5.91 Å². The van der Waals surface area contributed by atoms with E-state index in [1.807, 2.05) is 24.3 Å². The van der Waals surface area contributed by atoms with Crippen LogP contribution in [0.4, 0.5) is 0 Å². The lowest BCUT2D eigenvalue weighted by Crippen LogP contribution is -2.32. The minimum absolute atomic E-state index is 0.0445. The molecule has 18 heavy (non-hydrogen) atoms. The standard InChI is InChI=1S/C15H20BrNO/c1-11(2)15(7-8-15)10-17-14(18)13-5-3-12(9-16)4-6-13/h3-6,11H,7-10H2,1-2H3,(H,17,18). The minimum Gasteiger partial charge on any atom is -0.351 e. The molecule has 0 atom stereocenters. The molecule has 1 N–H and O–H groups in total. The van der Waals surface area contributed by atoms with Crippen LogP contribution in [0.25, 0.3) is 0 Å². The molecule has 2 nitrogen and oxygen atoms in total. The SMILES string of the molecule is CC(C)C1(CNC(=O)c2ccc(CBr)cc2)CC1. The summed E-state index contributed by atoms with van der Waals surface area (Å²) in [6.07, 6.45) is 2.49. The first kappa shape index (κ1) is 13.6. The van der Waals surface area contributed by atoms with E-state index in [-0.39, 0.29) is 5.91 Å². The van der Waals surface area contributed by atoms with Crippen LogP contribution in [0.2, 0.25) is 0 Å². The van der Waals surface area contributed by atoms with Crippen molar-refractivity contribution in [3.63, 3.8) is 0 Å². The first-order valence-electron chi connectivity index (χ1n) is 6.50. The van der Waals surface area contributed by atoms with Crippen LogP contribution in [0.3, 0.4) is 0 Å². The number of carbonyl (C=O) groups is 1. The molecule has 98 valence electrons. The summed E-state index contributed by atoms with van der Waals surface area (Å²) in [6, 6.07) is 7.75. The molecule has 1 aliphatic rings. The van der Waals surface area contributed by atoms with Crippen molar-refractivity contribution in [3.05, 3.63) is 35.4 Å². The highest BCUT2D eigenvalue weighted by molar-refractivity contribution is 9.08. The van der Waals surface area contributed by atoms with Gasteiger partial charge in [-0.15, -0.1) is 0 Å². The molecule has 1 fully saturated rings. The van der Waals surface area contributed by atoms with Crippen LogP contribution in [0.15, 0.2) is 24.3 Å². The molecule has 0 saturated heterocycles. The van der Waals surface area contributed by atoms with Crippen LogP contribution in [-0.2, 0) is 5.33 Å². The highest BCUT2D eigenvalue weighted by atomic mass is 79.9. The third-order valence-corrected chi connectivity index (χ3v) is 4.74. The molecule has 0 bridgehead atoms. The Labute approximate surface area is 117 Å². The summed E-state index contributed by atoms with van der Waals surface area (Å²) < 4.78 is 0. The topological polar surface area (TPSA) is 29.1 Å². The van der Waals surface area contributed by atoms with E-state index in [4.69, 9.17) is 0 Å². The van der Waals surface area contributed by atoms with Crippen molar-refractivity contribution in [2.24, 2.45) is 11.3 Å². The van der Waals surface area contributed by atoms with Gasteiger partial charge in [-0.1, -0.05) is 41.9 Å². The van der Waals surface area contributed by atoms with Crippen molar-refractivity contribution in [2.75, 3.05) is 6.54 Å². The predicted molar refractivity (Wildman–Crippen MR) is 77.9 cm³/mol. The number of carbonyl (C=O) groups excluding carboxylic acids is 1. The predicted octanol–water partition coefficient (Wildman–Crippen LogP) is 3.75. The van der Waals surface area contributed by atoms with E-state index in [0.29, 0.717) is 11.3 Å². The van der Waals surface area contributed by atoms with Crippen LogP contribution in [0.1, 0.15) is 42.6 Å². The number of alkyl halides is 1. The normalized spacial score (nSPS) is 16.7. The summed E-state index contributed by atoms with van der Waals surface area (Å²) in [4.78, 5) is 12.0. The van der Waals surface area contributed by atoms with E-state index in [2.05, 4.69) is 35.1 Å². The molecule has 0 unspecified atom stereocenters. The zero-order chi connectivity index (χ0) is 13.2. The second-order valence-electron chi connectivity index (χ2n) is 5.53. The molecule has 0 radical (unpaired) electrons. The van der Waals surface area contributed by atoms with Gasteiger partial charge in [-0.25, -0.2) is 0 Å². The van der Waals surface area contributed by atoms with Crippen molar-refractivity contribution in [1.82, 2.24) is 5.32 Å². The first-order valence-corrected chi connectivity index (χ1v) is 7.63. The molecule has 0 aromatic heterocycles. The molecule has 1 saturated carbocycles. The molecule has 2 rings (SSSR count). The number of hydrogen-bond donors (Lipinski definition) is 1. The fourth-order valence-corrected chi connectivity index (χ4v) is 2.60. The van der Waals surface area contributed by atoms with Crippen LogP contribution in [-0.4, -0.2) is 12.5 Å². The van der Waals surface area contributed by atoms with Crippen LogP contribution >= 0.6 is 15.9 Å². The Kier molecular flexibility index (Phi) is 4.10. The molecule has 1 aromatic rings. The van der Waals surface area contributed by atoms with E-state index in [9.17, 15) is 4.79 Å². The molecule has 1 amide bonds. The van der Waals surface area contributed by atoms with Gasteiger partial charge < -0.3 is 5.32 Å².